The van der Waals surface area contributed by atoms with Crippen LogP contribution in [0.5, 0.6) is 0 Å². The summed E-state index contributed by atoms with van der Waals surface area (Å²) in [5, 5.41) is 3.00. The van der Waals surface area contributed by atoms with Crippen molar-refractivity contribution < 1.29 is 9.53 Å². The third kappa shape index (κ3) is 7.12. The molecular formula is C9H17NO2. The zero-order chi connectivity index (χ0) is 9.40. The van der Waals surface area contributed by atoms with E-state index in [4.69, 9.17) is 0 Å². The number of carbonyl (C=O) groups is 1. The minimum atomic E-state index is -0.327. The Bertz CT molecular complexity index is 153. The average molecular weight is 171 g/mol. The number of ether oxygens (including phenoxy) is 1. The molecule has 12 heavy (non-hydrogen) atoms. The van der Waals surface area contributed by atoms with Crippen LogP contribution in [0, 0.1) is 5.92 Å². The van der Waals surface area contributed by atoms with Crippen molar-refractivity contribution in [3.8, 4) is 0 Å². The topological polar surface area (TPSA) is 38.3 Å². The highest BCUT2D eigenvalue weighted by Gasteiger charge is 1.91. The summed E-state index contributed by atoms with van der Waals surface area (Å²) in [4.78, 5) is 10.6. The summed E-state index contributed by atoms with van der Waals surface area (Å²) in [7, 11) is 1.36. The van der Waals surface area contributed by atoms with E-state index in [1.54, 1.807) is 6.20 Å². The number of hydrogen-bond acceptors (Lipinski definition) is 3. The third-order valence-electron chi connectivity index (χ3n) is 1.40. The molecule has 3 heteroatoms. The lowest BCUT2D eigenvalue weighted by Gasteiger charge is -2.02. The highest BCUT2D eigenvalue weighted by Crippen LogP contribution is 1.95. The maximum atomic E-state index is 10.6. The monoisotopic (exact) mass is 171 g/mol. The van der Waals surface area contributed by atoms with Crippen LogP contribution in [-0.2, 0) is 9.53 Å². The molecule has 0 rings (SSSR count). The summed E-state index contributed by atoms with van der Waals surface area (Å²) in [6.45, 7) is 5.21. The van der Waals surface area contributed by atoms with Gasteiger partial charge in [-0.15, -0.1) is 0 Å². The molecule has 0 aliphatic carbocycles. The van der Waals surface area contributed by atoms with Gasteiger partial charge < -0.3 is 10.1 Å². The predicted octanol–water partition coefficient (Wildman–Crippen LogP) is 1.31. The van der Waals surface area contributed by atoms with Gasteiger partial charge in [0.1, 0.15) is 0 Å². The van der Waals surface area contributed by atoms with Crippen LogP contribution >= 0.6 is 0 Å². The van der Waals surface area contributed by atoms with Gasteiger partial charge in [0.05, 0.1) is 7.11 Å². The minimum absolute atomic E-state index is 0.327. The van der Waals surface area contributed by atoms with Crippen molar-refractivity contribution in [2.75, 3.05) is 13.7 Å². The number of nitrogens with one attached hydrogen (secondary N) is 1. The van der Waals surface area contributed by atoms with Gasteiger partial charge in [-0.1, -0.05) is 13.8 Å². The summed E-state index contributed by atoms with van der Waals surface area (Å²) in [6, 6.07) is 0. The summed E-state index contributed by atoms with van der Waals surface area (Å²) < 4.78 is 4.41. The molecule has 0 aliphatic rings. The molecular weight excluding hydrogens is 154 g/mol. The second-order valence-corrected chi connectivity index (χ2v) is 2.99. The van der Waals surface area contributed by atoms with E-state index in [9.17, 15) is 4.79 Å². The van der Waals surface area contributed by atoms with E-state index in [1.807, 2.05) is 0 Å². The molecule has 0 fully saturated rings. The van der Waals surface area contributed by atoms with E-state index in [-0.39, 0.29) is 5.97 Å². The van der Waals surface area contributed by atoms with Gasteiger partial charge in [-0.05, 0) is 12.3 Å². The molecule has 1 N–H and O–H groups in total. The number of methoxy groups -OCH3 is 1. The van der Waals surface area contributed by atoms with Gasteiger partial charge in [0.25, 0.3) is 0 Å². The average Bonchev–Trinajstić information content (AvgIpc) is 2.03. The molecule has 0 spiro atoms. The van der Waals surface area contributed by atoms with Gasteiger partial charge in [0.15, 0.2) is 0 Å². The van der Waals surface area contributed by atoms with Crippen LogP contribution in [0.15, 0.2) is 12.3 Å². The van der Waals surface area contributed by atoms with Gasteiger partial charge in [-0.3, -0.25) is 0 Å². The van der Waals surface area contributed by atoms with E-state index in [0.717, 1.165) is 13.0 Å². The molecule has 0 saturated heterocycles. The van der Waals surface area contributed by atoms with Crippen LogP contribution in [-0.4, -0.2) is 19.6 Å². The fraction of sp³-hybridized carbons (Fsp3) is 0.667. The molecule has 0 unspecified atom stereocenters. The molecule has 0 amide bonds. The molecule has 0 atom stereocenters. The lowest BCUT2D eigenvalue weighted by Crippen LogP contribution is -2.10. The SMILES string of the molecule is COC(=O)/C=C/NCCC(C)C. The summed E-state index contributed by atoms with van der Waals surface area (Å²) >= 11 is 0. The zero-order valence-electron chi connectivity index (χ0n) is 7.96. The fourth-order valence-corrected chi connectivity index (χ4v) is 0.650. The van der Waals surface area contributed by atoms with E-state index in [1.165, 1.54) is 13.2 Å². The molecule has 0 bridgehead atoms. The first kappa shape index (κ1) is 11.0. The maximum Gasteiger partial charge on any atom is 0.331 e. The quantitative estimate of drug-likeness (QED) is 0.385. The van der Waals surface area contributed by atoms with Crippen LogP contribution in [0.3, 0.4) is 0 Å². The van der Waals surface area contributed by atoms with Crippen molar-refractivity contribution in [3.63, 3.8) is 0 Å². The number of hydrogen-bond donors (Lipinski definition) is 1. The van der Waals surface area contributed by atoms with Crippen LogP contribution in [0.25, 0.3) is 0 Å². The van der Waals surface area contributed by atoms with E-state index < -0.39 is 0 Å². The Kier molecular flexibility index (Phi) is 6.15. The molecule has 0 aromatic heterocycles. The lowest BCUT2D eigenvalue weighted by atomic mass is 10.1. The Hall–Kier alpha value is -0.990. The molecule has 3 nitrogen and oxygen atoms in total. The van der Waals surface area contributed by atoms with E-state index in [0.29, 0.717) is 5.92 Å². The zero-order valence-corrected chi connectivity index (χ0v) is 7.96. The van der Waals surface area contributed by atoms with Crippen LogP contribution in [0.2, 0.25) is 0 Å². The Morgan fingerprint density at radius 2 is 2.25 bits per heavy atom. The second kappa shape index (κ2) is 6.70. The van der Waals surface area contributed by atoms with Gasteiger partial charge in [-0.2, -0.15) is 0 Å². The van der Waals surface area contributed by atoms with Gasteiger partial charge in [0.2, 0.25) is 0 Å². The Morgan fingerprint density at radius 3 is 2.75 bits per heavy atom. The molecule has 0 radical (unpaired) electrons. The minimum Gasteiger partial charge on any atom is -0.466 e. The van der Waals surface area contributed by atoms with E-state index in [2.05, 4.69) is 23.9 Å². The predicted molar refractivity (Wildman–Crippen MR) is 48.6 cm³/mol. The van der Waals surface area contributed by atoms with Gasteiger partial charge >= 0.3 is 5.97 Å². The van der Waals surface area contributed by atoms with Crippen molar-refractivity contribution in [1.29, 1.82) is 0 Å². The summed E-state index contributed by atoms with van der Waals surface area (Å²) in [6.07, 6.45) is 4.10. The molecule has 0 saturated carbocycles. The first-order valence-electron chi connectivity index (χ1n) is 4.14. The van der Waals surface area contributed by atoms with Crippen LogP contribution in [0.4, 0.5) is 0 Å². The molecule has 0 aromatic carbocycles. The van der Waals surface area contributed by atoms with Gasteiger partial charge in [0, 0.05) is 18.8 Å². The first-order valence-corrected chi connectivity index (χ1v) is 4.14. The van der Waals surface area contributed by atoms with Crippen molar-refractivity contribution in [3.05, 3.63) is 12.3 Å². The summed E-state index contributed by atoms with van der Waals surface area (Å²) in [5.74, 6) is 0.357. The van der Waals surface area contributed by atoms with Crippen molar-refractivity contribution in [2.45, 2.75) is 20.3 Å². The molecule has 70 valence electrons. The number of carbonyl (C=O) groups excluding carboxylic acids is 1. The van der Waals surface area contributed by atoms with Gasteiger partial charge in [-0.25, -0.2) is 4.79 Å². The Morgan fingerprint density at radius 1 is 1.58 bits per heavy atom. The van der Waals surface area contributed by atoms with Crippen molar-refractivity contribution >= 4 is 5.97 Å². The first-order chi connectivity index (χ1) is 5.66. The van der Waals surface area contributed by atoms with Crippen LogP contribution < -0.4 is 5.32 Å². The van der Waals surface area contributed by atoms with Crippen molar-refractivity contribution in [1.82, 2.24) is 5.32 Å². The third-order valence-corrected chi connectivity index (χ3v) is 1.40. The number of esters is 1. The largest absolute Gasteiger partial charge is 0.466 e. The fourth-order valence-electron chi connectivity index (χ4n) is 0.650. The molecule has 0 aliphatic heterocycles. The van der Waals surface area contributed by atoms with Crippen molar-refractivity contribution in [2.24, 2.45) is 5.92 Å². The molecule has 0 aromatic rings. The second-order valence-electron chi connectivity index (χ2n) is 2.99. The summed E-state index contributed by atoms with van der Waals surface area (Å²) in [5.41, 5.74) is 0. The lowest BCUT2D eigenvalue weighted by molar-refractivity contribution is -0.134. The Balaban J connectivity index is 3.30. The number of rotatable bonds is 5. The highest BCUT2D eigenvalue weighted by molar-refractivity contribution is 5.81. The normalized spacial score (nSPS) is 10.7. The smallest absolute Gasteiger partial charge is 0.331 e. The van der Waals surface area contributed by atoms with E-state index >= 15 is 0 Å². The highest BCUT2D eigenvalue weighted by atomic mass is 16.5. The standard InChI is InChI=1S/C9H17NO2/c1-8(2)4-6-10-7-5-9(11)12-3/h5,7-8,10H,4,6H2,1-3H3/b7-5+. The molecule has 0 heterocycles. The van der Waals surface area contributed by atoms with Crippen LogP contribution in [0.1, 0.15) is 20.3 Å². The Labute approximate surface area is 73.8 Å². The maximum absolute atomic E-state index is 10.6.